The fraction of sp³-hybridized carbons (Fsp3) is 0.286. The smallest absolute Gasteiger partial charge is 0.261 e. The van der Waals surface area contributed by atoms with E-state index in [-0.39, 0.29) is 30.2 Å². The van der Waals surface area contributed by atoms with Gasteiger partial charge in [0.15, 0.2) is 0 Å². The van der Waals surface area contributed by atoms with Crippen LogP contribution in [0.4, 0.5) is 0 Å². The van der Waals surface area contributed by atoms with Gasteiger partial charge in [-0.1, -0.05) is 24.3 Å². The molecule has 7 heteroatoms. The lowest BCUT2D eigenvalue weighted by Crippen LogP contribution is -2.34. The van der Waals surface area contributed by atoms with Gasteiger partial charge in [0, 0.05) is 31.1 Å². The summed E-state index contributed by atoms with van der Waals surface area (Å²) in [6.07, 6.45) is -0.458. The average Bonchev–Trinajstić information content (AvgIpc) is 3.23. The first kappa shape index (κ1) is 18.3. The molecule has 1 saturated heterocycles. The van der Waals surface area contributed by atoms with Crippen molar-refractivity contribution in [2.45, 2.75) is 12.6 Å². The maximum atomic E-state index is 12.5. The number of rotatable bonds is 5. The van der Waals surface area contributed by atoms with Crippen molar-refractivity contribution in [1.82, 2.24) is 15.5 Å². The summed E-state index contributed by atoms with van der Waals surface area (Å²) in [5, 5.41) is 15.7. The van der Waals surface area contributed by atoms with Gasteiger partial charge in [-0.25, -0.2) is 0 Å². The minimum Gasteiger partial charge on any atom is -0.391 e. The standard InChI is InChI=1S/C21H21N3O4/c25-18-11-22-9-15(18)10-23-19(26)14-5-3-4-13(8-14)12-24-20(27)16-6-1-2-7-17(16)21(24)28/h1-8,15,18,22,25H,9-12H2,(H,23,26). The second-order valence-electron chi connectivity index (χ2n) is 7.14. The summed E-state index contributed by atoms with van der Waals surface area (Å²) < 4.78 is 0. The second kappa shape index (κ2) is 7.53. The second-order valence-corrected chi connectivity index (χ2v) is 7.14. The summed E-state index contributed by atoms with van der Waals surface area (Å²) in [6.45, 7) is 1.70. The summed E-state index contributed by atoms with van der Waals surface area (Å²) in [6, 6.07) is 13.6. The van der Waals surface area contributed by atoms with Crippen LogP contribution in [0.2, 0.25) is 0 Å². The molecule has 4 rings (SSSR count). The lowest BCUT2D eigenvalue weighted by Gasteiger charge is -2.16. The van der Waals surface area contributed by atoms with Gasteiger partial charge in [-0.05, 0) is 29.8 Å². The molecule has 2 unspecified atom stereocenters. The minimum atomic E-state index is -0.458. The highest BCUT2D eigenvalue weighted by molar-refractivity contribution is 6.21. The topological polar surface area (TPSA) is 98.7 Å². The summed E-state index contributed by atoms with van der Waals surface area (Å²) in [5.74, 6) is -0.898. The van der Waals surface area contributed by atoms with Crippen molar-refractivity contribution >= 4 is 17.7 Å². The highest BCUT2D eigenvalue weighted by Gasteiger charge is 2.35. The Bertz CT molecular complexity index is 908. The van der Waals surface area contributed by atoms with Gasteiger partial charge in [0.2, 0.25) is 0 Å². The maximum Gasteiger partial charge on any atom is 0.261 e. The molecular formula is C21H21N3O4. The molecule has 2 aromatic carbocycles. The molecule has 0 spiro atoms. The van der Waals surface area contributed by atoms with E-state index >= 15 is 0 Å². The van der Waals surface area contributed by atoms with E-state index in [2.05, 4.69) is 10.6 Å². The zero-order chi connectivity index (χ0) is 19.7. The lowest BCUT2D eigenvalue weighted by atomic mass is 10.1. The molecule has 2 aliphatic rings. The van der Waals surface area contributed by atoms with Crippen molar-refractivity contribution in [3.8, 4) is 0 Å². The molecule has 2 heterocycles. The first-order valence-electron chi connectivity index (χ1n) is 9.26. The van der Waals surface area contributed by atoms with Crippen molar-refractivity contribution in [2.24, 2.45) is 5.92 Å². The molecule has 1 fully saturated rings. The monoisotopic (exact) mass is 379 g/mol. The molecule has 0 aliphatic carbocycles. The minimum absolute atomic E-state index is 0.00882. The van der Waals surface area contributed by atoms with Crippen molar-refractivity contribution in [2.75, 3.05) is 19.6 Å². The van der Waals surface area contributed by atoms with Gasteiger partial charge in [-0.2, -0.15) is 0 Å². The Morgan fingerprint density at radius 1 is 1.07 bits per heavy atom. The van der Waals surface area contributed by atoms with Crippen molar-refractivity contribution in [3.05, 3.63) is 70.8 Å². The molecule has 28 heavy (non-hydrogen) atoms. The number of hydrogen-bond donors (Lipinski definition) is 3. The third kappa shape index (κ3) is 3.42. The van der Waals surface area contributed by atoms with Crippen LogP contribution in [-0.2, 0) is 6.54 Å². The van der Waals surface area contributed by atoms with Crippen LogP contribution < -0.4 is 10.6 Å². The Kier molecular flexibility index (Phi) is 4.93. The van der Waals surface area contributed by atoms with Crippen molar-refractivity contribution in [3.63, 3.8) is 0 Å². The summed E-state index contributed by atoms with van der Waals surface area (Å²) in [7, 11) is 0. The third-order valence-electron chi connectivity index (χ3n) is 5.24. The number of benzene rings is 2. The average molecular weight is 379 g/mol. The predicted molar refractivity (Wildman–Crippen MR) is 102 cm³/mol. The SMILES string of the molecule is O=C(NCC1CNCC1O)c1cccc(CN2C(=O)c3ccccc3C2=O)c1. The first-order chi connectivity index (χ1) is 13.5. The number of β-amino-alcohol motifs (C(OH)–C–C–N with tert-alkyl or cyclic N) is 1. The van der Waals surface area contributed by atoms with Crippen LogP contribution in [0.15, 0.2) is 48.5 Å². The van der Waals surface area contributed by atoms with Crippen LogP contribution in [0.5, 0.6) is 0 Å². The first-order valence-corrected chi connectivity index (χ1v) is 9.26. The largest absolute Gasteiger partial charge is 0.391 e. The summed E-state index contributed by atoms with van der Waals surface area (Å²) >= 11 is 0. The third-order valence-corrected chi connectivity index (χ3v) is 5.24. The lowest BCUT2D eigenvalue weighted by molar-refractivity contribution is 0.0642. The number of amides is 3. The van der Waals surface area contributed by atoms with Crippen LogP contribution in [0, 0.1) is 5.92 Å². The quantitative estimate of drug-likeness (QED) is 0.668. The molecule has 2 atom stereocenters. The summed E-state index contributed by atoms with van der Waals surface area (Å²) in [4.78, 5) is 38.7. The zero-order valence-corrected chi connectivity index (χ0v) is 15.2. The van der Waals surface area contributed by atoms with Gasteiger partial charge in [-0.15, -0.1) is 0 Å². The molecule has 3 amide bonds. The van der Waals surface area contributed by atoms with Crippen LogP contribution in [0.25, 0.3) is 0 Å². The molecule has 0 radical (unpaired) electrons. The van der Waals surface area contributed by atoms with Crippen LogP contribution in [0.3, 0.4) is 0 Å². The molecule has 3 N–H and O–H groups in total. The van der Waals surface area contributed by atoms with Crippen LogP contribution in [-0.4, -0.2) is 53.5 Å². The number of hydrogen-bond acceptors (Lipinski definition) is 5. The number of nitrogens with one attached hydrogen (secondary N) is 2. The Labute approximate surface area is 162 Å². The number of carbonyl (C=O) groups is 3. The van der Waals surface area contributed by atoms with E-state index in [4.69, 9.17) is 0 Å². The molecule has 0 bridgehead atoms. The molecule has 2 aromatic rings. The molecule has 2 aliphatic heterocycles. The van der Waals surface area contributed by atoms with Crippen LogP contribution >= 0.6 is 0 Å². The number of nitrogens with zero attached hydrogens (tertiary/aromatic N) is 1. The van der Waals surface area contributed by atoms with Gasteiger partial charge in [0.25, 0.3) is 17.7 Å². The van der Waals surface area contributed by atoms with E-state index in [1.54, 1.807) is 48.5 Å². The molecule has 144 valence electrons. The number of imide groups is 1. The highest BCUT2D eigenvalue weighted by Crippen LogP contribution is 2.24. The zero-order valence-electron chi connectivity index (χ0n) is 15.2. The Morgan fingerprint density at radius 2 is 1.79 bits per heavy atom. The highest BCUT2D eigenvalue weighted by atomic mass is 16.3. The molecule has 7 nitrogen and oxygen atoms in total. The summed E-state index contributed by atoms with van der Waals surface area (Å²) in [5.41, 5.74) is 1.97. The van der Waals surface area contributed by atoms with Gasteiger partial charge in [0.05, 0.1) is 23.8 Å². The van der Waals surface area contributed by atoms with Gasteiger partial charge in [0.1, 0.15) is 0 Å². The van der Waals surface area contributed by atoms with Crippen molar-refractivity contribution < 1.29 is 19.5 Å². The van der Waals surface area contributed by atoms with E-state index in [0.29, 0.717) is 41.9 Å². The number of carbonyl (C=O) groups excluding carboxylic acids is 3. The van der Waals surface area contributed by atoms with E-state index in [1.807, 2.05) is 0 Å². The fourth-order valence-electron chi connectivity index (χ4n) is 3.63. The molecular weight excluding hydrogens is 358 g/mol. The van der Waals surface area contributed by atoms with Gasteiger partial charge < -0.3 is 15.7 Å². The number of aliphatic hydroxyl groups excluding tert-OH is 1. The Hall–Kier alpha value is -3.03. The molecule has 0 aromatic heterocycles. The normalized spacial score (nSPS) is 21.1. The van der Waals surface area contributed by atoms with Crippen LogP contribution in [0.1, 0.15) is 36.6 Å². The predicted octanol–water partition coefficient (Wildman–Crippen LogP) is 0.793. The Balaban J connectivity index is 1.44. The number of fused-ring (bicyclic) bond motifs is 1. The number of aliphatic hydroxyl groups is 1. The van der Waals surface area contributed by atoms with Gasteiger partial charge in [-0.3, -0.25) is 19.3 Å². The fourth-order valence-corrected chi connectivity index (χ4v) is 3.63. The van der Waals surface area contributed by atoms with E-state index in [0.717, 1.165) is 0 Å². The van der Waals surface area contributed by atoms with E-state index in [9.17, 15) is 19.5 Å². The van der Waals surface area contributed by atoms with Crippen molar-refractivity contribution in [1.29, 1.82) is 0 Å². The van der Waals surface area contributed by atoms with Gasteiger partial charge >= 0.3 is 0 Å². The van der Waals surface area contributed by atoms with E-state index in [1.165, 1.54) is 4.90 Å². The van der Waals surface area contributed by atoms with E-state index < -0.39 is 6.10 Å². The maximum absolute atomic E-state index is 12.5. The Morgan fingerprint density at radius 3 is 2.43 bits per heavy atom. The molecule has 0 saturated carbocycles.